The Morgan fingerprint density at radius 1 is 1.22 bits per heavy atom. The minimum Gasteiger partial charge on any atom is -0.421 e. The lowest BCUT2D eigenvalue weighted by Gasteiger charge is -2.02. The molecule has 0 unspecified atom stereocenters. The summed E-state index contributed by atoms with van der Waals surface area (Å²) in [6, 6.07) is 1.92. The lowest BCUT2D eigenvalue weighted by Crippen LogP contribution is -1.97. The average molecular weight is 267 g/mol. The molecule has 0 saturated heterocycles. The molecule has 0 amide bonds. The predicted molar refractivity (Wildman–Crippen MR) is 68.5 cm³/mol. The highest BCUT2D eigenvalue weighted by Gasteiger charge is 2.13. The summed E-state index contributed by atoms with van der Waals surface area (Å²) in [5.74, 6) is 1.71. The van der Waals surface area contributed by atoms with Gasteiger partial charge in [0.15, 0.2) is 0 Å². The molecule has 0 aromatic carbocycles. The van der Waals surface area contributed by atoms with Crippen molar-refractivity contribution < 1.29 is 4.42 Å². The fraction of sp³-hybridized carbons (Fsp3) is 0.500. The van der Waals surface area contributed by atoms with Crippen LogP contribution >= 0.6 is 11.6 Å². The fourth-order valence-electron chi connectivity index (χ4n) is 1.64. The first-order valence-corrected chi connectivity index (χ1v) is 6.50. The minimum atomic E-state index is 0.509. The molecule has 0 N–H and O–H groups in total. The molecule has 0 spiro atoms. The van der Waals surface area contributed by atoms with Crippen LogP contribution in [0.1, 0.15) is 30.6 Å². The van der Waals surface area contributed by atoms with Gasteiger partial charge in [-0.25, -0.2) is 0 Å². The van der Waals surface area contributed by atoms with E-state index in [0.29, 0.717) is 24.1 Å². The van der Waals surface area contributed by atoms with Crippen LogP contribution in [0.4, 0.5) is 0 Å². The topological polar surface area (TPSA) is 64.7 Å². The zero-order chi connectivity index (χ0) is 13.0. The van der Waals surface area contributed by atoms with E-state index in [1.807, 2.05) is 19.9 Å². The van der Waals surface area contributed by atoms with Crippen LogP contribution in [0.5, 0.6) is 0 Å². The van der Waals surface area contributed by atoms with E-state index in [9.17, 15) is 0 Å². The molecule has 0 aliphatic heterocycles. The lowest BCUT2D eigenvalue weighted by molar-refractivity contribution is 0.501. The number of aryl methyl sites for hydroxylation is 3. The molecule has 0 radical (unpaired) electrons. The predicted octanol–water partition coefficient (Wildman–Crippen LogP) is 2.57. The highest BCUT2D eigenvalue weighted by atomic mass is 35.5. The Hall–Kier alpha value is -1.49. The van der Waals surface area contributed by atoms with Crippen molar-refractivity contribution in [1.29, 1.82) is 0 Å². The number of nitrogens with zero attached hydrogens (tertiary/aromatic N) is 4. The van der Waals surface area contributed by atoms with Crippen LogP contribution < -0.4 is 0 Å². The molecule has 0 bridgehead atoms. The number of halogens is 1. The SMILES string of the molecule is CCc1nnc(C)cc1-c1nnc(CCCCl)o1. The van der Waals surface area contributed by atoms with Gasteiger partial charge >= 0.3 is 0 Å². The summed E-state index contributed by atoms with van der Waals surface area (Å²) < 4.78 is 5.62. The van der Waals surface area contributed by atoms with Gasteiger partial charge in [-0.15, -0.1) is 21.8 Å². The van der Waals surface area contributed by atoms with E-state index < -0.39 is 0 Å². The molecule has 96 valence electrons. The van der Waals surface area contributed by atoms with Crippen LogP contribution in [0.25, 0.3) is 11.5 Å². The Morgan fingerprint density at radius 2 is 2.06 bits per heavy atom. The third-order valence-electron chi connectivity index (χ3n) is 2.55. The Morgan fingerprint density at radius 3 is 2.78 bits per heavy atom. The van der Waals surface area contributed by atoms with Crippen molar-refractivity contribution in [3.63, 3.8) is 0 Å². The van der Waals surface area contributed by atoms with E-state index in [4.69, 9.17) is 16.0 Å². The molecule has 0 fully saturated rings. The summed E-state index contributed by atoms with van der Waals surface area (Å²) in [6.07, 6.45) is 2.31. The zero-order valence-corrected chi connectivity index (χ0v) is 11.2. The van der Waals surface area contributed by atoms with Crippen molar-refractivity contribution >= 4 is 11.6 Å². The normalized spacial score (nSPS) is 10.8. The Kier molecular flexibility index (Phi) is 4.25. The van der Waals surface area contributed by atoms with Gasteiger partial charge in [0, 0.05) is 12.3 Å². The summed E-state index contributed by atoms with van der Waals surface area (Å²) >= 11 is 5.64. The second-order valence-electron chi connectivity index (χ2n) is 3.99. The molecule has 2 aromatic rings. The Bertz CT molecular complexity index is 527. The maximum Gasteiger partial charge on any atom is 0.249 e. The third-order valence-corrected chi connectivity index (χ3v) is 2.82. The molecule has 0 atom stereocenters. The van der Waals surface area contributed by atoms with Crippen LogP contribution in [-0.4, -0.2) is 26.3 Å². The molecule has 0 saturated carbocycles. The highest BCUT2D eigenvalue weighted by molar-refractivity contribution is 6.17. The van der Waals surface area contributed by atoms with E-state index >= 15 is 0 Å². The quantitative estimate of drug-likeness (QED) is 0.778. The van der Waals surface area contributed by atoms with Gasteiger partial charge in [-0.05, 0) is 25.8 Å². The zero-order valence-electron chi connectivity index (χ0n) is 10.5. The maximum absolute atomic E-state index is 5.64. The first kappa shape index (κ1) is 13.0. The molecule has 6 heteroatoms. The summed E-state index contributed by atoms with van der Waals surface area (Å²) in [4.78, 5) is 0. The lowest BCUT2D eigenvalue weighted by atomic mass is 10.1. The van der Waals surface area contributed by atoms with Crippen molar-refractivity contribution in [2.45, 2.75) is 33.1 Å². The van der Waals surface area contributed by atoms with E-state index in [2.05, 4.69) is 20.4 Å². The largest absolute Gasteiger partial charge is 0.421 e. The number of hydrogen-bond acceptors (Lipinski definition) is 5. The molecular weight excluding hydrogens is 252 g/mol. The first-order chi connectivity index (χ1) is 8.74. The summed E-state index contributed by atoms with van der Waals surface area (Å²) in [6.45, 7) is 3.91. The van der Waals surface area contributed by atoms with Gasteiger partial charge in [0.05, 0.1) is 17.0 Å². The van der Waals surface area contributed by atoms with Crippen molar-refractivity contribution in [2.75, 3.05) is 5.88 Å². The Balaban J connectivity index is 2.30. The van der Waals surface area contributed by atoms with Crippen molar-refractivity contribution in [2.24, 2.45) is 0 Å². The van der Waals surface area contributed by atoms with Gasteiger partial charge < -0.3 is 4.42 Å². The van der Waals surface area contributed by atoms with Crippen LogP contribution in [0.3, 0.4) is 0 Å². The summed E-state index contributed by atoms with van der Waals surface area (Å²) in [7, 11) is 0. The fourth-order valence-corrected chi connectivity index (χ4v) is 1.78. The van der Waals surface area contributed by atoms with Gasteiger partial charge in [-0.3, -0.25) is 0 Å². The maximum atomic E-state index is 5.64. The van der Waals surface area contributed by atoms with E-state index in [-0.39, 0.29) is 0 Å². The van der Waals surface area contributed by atoms with Crippen molar-refractivity contribution in [1.82, 2.24) is 20.4 Å². The van der Waals surface area contributed by atoms with E-state index in [0.717, 1.165) is 29.8 Å². The van der Waals surface area contributed by atoms with E-state index in [1.54, 1.807) is 0 Å². The smallest absolute Gasteiger partial charge is 0.249 e. The molecule has 2 heterocycles. The Labute approximate surface area is 111 Å². The number of alkyl halides is 1. The molecule has 0 aliphatic carbocycles. The summed E-state index contributed by atoms with van der Waals surface area (Å²) in [5, 5.41) is 16.3. The molecule has 2 rings (SSSR count). The molecule has 0 aliphatic rings. The molecule has 18 heavy (non-hydrogen) atoms. The molecule has 2 aromatic heterocycles. The monoisotopic (exact) mass is 266 g/mol. The van der Waals surface area contributed by atoms with Gasteiger partial charge in [0.25, 0.3) is 0 Å². The summed E-state index contributed by atoms with van der Waals surface area (Å²) in [5.41, 5.74) is 2.57. The van der Waals surface area contributed by atoms with Gasteiger partial charge in [-0.1, -0.05) is 6.92 Å². The average Bonchev–Trinajstić information content (AvgIpc) is 2.85. The number of aromatic nitrogens is 4. The highest BCUT2D eigenvalue weighted by Crippen LogP contribution is 2.22. The van der Waals surface area contributed by atoms with Crippen LogP contribution in [-0.2, 0) is 12.8 Å². The van der Waals surface area contributed by atoms with Crippen LogP contribution in [0, 0.1) is 6.92 Å². The standard InChI is InChI=1S/C12H15ClN4O/c1-3-10-9(7-8(2)14-15-10)12-17-16-11(18-12)5-4-6-13/h7H,3-6H2,1-2H3. The minimum absolute atomic E-state index is 0.509. The van der Waals surface area contributed by atoms with Gasteiger partial charge in [0.1, 0.15) is 0 Å². The van der Waals surface area contributed by atoms with Crippen molar-refractivity contribution in [3.8, 4) is 11.5 Å². The first-order valence-electron chi connectivity index (χ1n) is 5.96. The molecule has 5 nitrogen and oxygen atoms in total. The second-order valence-corrected chi connectivity index (χ2v) is 4.37. The van der Waals surface area contributed by atoms with Gasteiger partial charge in [0.2, 0.25) is 11.8 Å². The van der Waals surface area contributed by atoms with E-state index in [1.165, 1.54) is 0 Å². The number of rotatable bonds is 5. The third kappa shape index (κ3) is 2.85. The second kappa shape index (κ2) is 5.91. The van der Waals surface area contributed by atoms with Gasteiger partial charge in [-0.2, -0.15) is 10.2 Å². The van der Waals surface area contributed by atoms with Crippen molar-refractivity contribution in [3.05, 3.63) is 23.3 Å². The molecular formula is C12H15ClN4O. The van der Waals surface area contributed by atoms with Crippen LogP contribution in [0.2, 0.25) is 0 Å². The number of hydrogen-bond donors (Lipinski definition) is 0. The van der Waals surface area contributed by atoms with Crippen LogP contribution in [0.15, 0.2) is 10.5 Å².